The molecule has 4 rings (SSSR count). The molecule has 0 saturated carbocycles. The number of aliphatic hydroxyl groups excluding tert-OH is 1. The molecule has 0 unspecified atom stereocenters. The average Bonchev–Trinajstić information content (AvgIpc) is 2.95. The summed E-state index contributed by atoms with van der Waals surface area (Å²) in [7, 11) is 0. The van der Waals surface area contributed by atoms with E-state index >= 15 is 0 Å². The minimum absolute atomic E-state index is 0.0724. The summed E-state index contributed by atoms with van der Waals surface area (Å²) in [5, 5.41) is 11.0. The molecule has 118 valence electrons. The molecular formula is C21H17NO2. The second kappa shape index (κ2) is 5.95. The quantitative estimate of drug-likeness (QED) is 0.790. The van der Waals surface area contributed by atoms with Crippen molar-refractivity contribution >= 4 is 11.6 Å². The maximum atomic E-state index is 13.0. The molecule has 1 aliphatic rings. The van der Waals surface area contributed by atoms with Gasteiger partial charge in [0.15, 0.2) is 0 Å². The SMILES string of the molecule is O=C1c2ccccc2[C@@H]([C@H](O)c2ccccc2)N1c1ccccc1. The number of hydrogen-bond donors (Lipinski definition) is 1. The van der Waals surface area contributed by atoms with E-state index in [4.69, 9.17) is 0 Å². The molecule has 3 nitrogen and oxygen atoms in total. The minimum atomic E-state index is -0.793. The molecule has 3 aromatic rings. The van der Waals surface area contributed by atoms with E-state index in [-0.39, 0.29) is 5.91 Å². The van der Waals surface area contributed by atoms with Crippen LogP contribution in [0.15, 0.2) is 84.9 Å². The number of rotatable bonds is 3. The number of carbonyl (C=O) groups is 1. The van der Waals surface area contributed by atoms with E-state index in [1.165, 1.54) is 0 Å². The molecule has 0 saturated heterocycles. The number of nitrogens with zero attached hydrogens (tertiary/aromatic N) is 1. The molecule has 0 spiro atoms. The van der Waals surface area contributed by atoms with Gasteiger partial charge in [0, 0.05) is 11.3 Å². The van der Waals surface area contributed by atoms with Gasteiger partial charge in [0.25, 0.3) is 5.91 Å². The Kier molecular flexibility index (Phi) is 3.63. The lowest BCUT2D eigenvalue weighted by Crippen LogP contribution is -2.31. The van der Waals surface area contributed by atoms with Gasteiger partial charge in [-0.05, 0) is 29.3 Å². The molecule has 0 bridgehead atoms. The third kappa shape index (κ3) is 2.30. The predicted molar refractivity (Wildman–Crippen MR) is 93.8 cm³/mol. The number of carbonyl (C=O) groups excluding carboxylic acids is 1. The van der Waals surface area contributed by atoms with Crippen molar-refractivity contribution in [1.29, 1.82) is 0 Å². The molecule has 1 heterocycles. The first-order chi connectivity index (χ1) is 11.8. The number of aliphatic hydroxyl groups is 1. The van der Waals surface area contributed by atoms with Crippen LogP contribution >= 0.6 is 0 Å². The molecule has 3 heteroatoms. The summed E-state index contributed by atoms with van der Waals surface area (Å²) < 4.78 is 0. The lowest BCUT2D eigenvalue weighted by atomic mass is 9.95. The van der Waals surface area contributed by atoms with Crippen molar-refractivity contribution in [3.05, 3.63) is 102 Å². The maximum absolute atomic E-state index is 13.0. The zero-order chi connectivity index (χ0) is 16.5. The maximum Gasteiger partial charge on any atom is 0.259 e. The van der Waals surface area contributed by atoms with Crippen LogP contribution < -0.4 is 4.90 Å². The van der Waals surface area contributed by atoms with E-state index in [9.17, 15) is 9.90 Å². The van der Waals surface area contributed by atoms with Gasteiger partial charge in [-0.2, -0.15) is 0 Å². The Morgan fingerprint density at radius 3 is 2.08 bits per heavy atom. The minimum Gasteiger partial charge on any atom is -0.386 e. The molecule has 24 heavy (non-hydrogen) atoms. The summed E-state index contributed by atoms with van der Waals surface area (Å²) >= 11 is 0. The van der Waals surface area contributed by atoms with E-state index < -0.39 is 12.1 Å². The molecule has 1 amide bonds. The summed E-state index contributed by atoms with van der Waals surface area (Å²) in [5.74, 6) is -0.0724. The lowest BCUT2D eigenvalue weighted by Gasteiger charge is -2.29. The number of para-hydroxylation sites is 1. The van der Waals surface area contributed by atoms with Gasteiger partial charge in [-0.25, -0.2) is 0 Å². The summed E-state index contributed by atoms with van der Waals surface area (Å²) in [6.45, 7) is 0. The zero-order valence-electron chi connectivity index (χ0n) is 13.0. The summed E-state index contributed by atoms with van der Waals surface area (Å²) in [6, 6.07) is 26.1. The fourth-order valence-corrected chi connectivity index (χ4v) is 3.36. The van der Waals surface area contributed by atoms with E-state index in [1.807, 2.05) is 84.9 Å². The van der Waals surface area contributed by atoms with Gasteiger partial charge in [0.2, 0.25) is 0 Å². The van der Waals surface area contributed by atoms with Crippen LogP contribution in [-0.4, -0.2) is 11.0 Å². The number of hydrogen-bond acceptors (Lipinski definition) is 2. The van der Waals surface area contributed by atoms with Crippen LogP contribution in [-0.2, 0) is 0 Å². The third-order valence-corrected chi connectivity index (χ3v) is 4.48. The van der Waals surface area contributed by atoms with Gasteiger partial charge < -0.3 is 5.11 Å². The fraction of sp³-hybridized carbons (Fsp3) is 0.0952. The Morgan fingerprint density at radius 2 is 1.38 bits per heavy atom. The highest BCUT2D eigenvalue weighted by Gasteiger charge is 2.41. The first-order valence-electron chi connectivity index (χ1n) is 7.98. The summed E-state index contributed by atoms with van der Waals surface area (Å²) in [4.78, 5) is 14.7. The predicted octanol–water partition coefficient (Wildman–Crippen LogP) is 4.12. The normalized spacial score (nSPS) is 17.6. The highest BCUT2D eigenvalue weighted by Crippen LogP contribution is 2.44. The van der Waals surface area contributed by atoms with Crippen molar-refractivity contribution in [2.24, 2.45) is 0 Å². The zero-order valence-corrected chi connectivity index (χ0v) is 13.0. The van der Waals surface area contributed by atoms with E-state index in [0.29, 0.717) is 5.56 Å². The number of fused-ring (bicyclic) bond motifs is 1. The fourth-order valence-electron chi connectivity index (χ4n) is 3.36. The third-order valence-electron chi connectivity index (χ3n) is 4.48. The average molecular weight is 315 g/mol. The molecule has 1 N–H and O–H groups in total. The standard InChI is InChI=1S/C21H17NO2/c23-20(15-9-3-1-4-10-15)19-17-13-7-8-14-18(17)21(24)22(19)16-11-5-2-6-12-16/h1-14,19-20,23H/t19-,20+/m0/s1. The Labute approximate surface area is 140 Å². The van der Waals surface area contributed by atoms with Crippen LogP contribution in [0.5, 0.6) is 0 Å². The molecule has 1 aliphatic heterocycles. The van der Waals surface area contributed by atoms with E-state index in [2.05, 4.69) is 0 Å². The van der Waals surface area contributed by atoms with Crippen molar-refractivity contribution in [3.8, 4) is 0 Å². The van der Waals surface area contributed by atoms with Gasteiger partial charge >= 0.3 is 0 Å². The summed E-state index contributed by atoms with van der Waals surface area (Å²) in [5.41, 5.74) is 3.11. The Balaban J connectivity index is 1.85. The van der Waals surface area contributed by atoms with Gasteiger partial charge in [0.1, 0.15) is 6.10 Å². The van der Waals surface area contributed by atoms with Crippen molar-refractivity contribution in [2.45, 2.75) is 12.1 Å². The largest absolute Gasteiger partial charge is 0.386 e. The monoisotopic (exact) mass is 315 g/mol. The summed E-state index contributed by atoms with van der Waals surface area (Å²) in [6.07, 6.45) is -0.793. The van der Waals surface area contributed by atoms with Crippen molar-refractivity contribution in [3.63, 3.8) is 0 Å². The van der Waals surface area contributed by atoms with Crippen LogP contribution in [0, 0.1) is 0 Å². The van der Waals surface area contributed by atoms with Crippen LogP contribution in [0.2, 0.25) is 0 Å². The van der Waals surface area contributed by atoms with Crippen LogP contribution in [0.4, 0.5) is 5.69 Å². The number of benzene rings is 3. The van der Waals surface area contributed by atoms with Crippen molar-refractivity contribution in [2.75, 3.05) is 4.90 Å². The topological polar surface area (TPSA) is 40.5 Å². The Hall–Kier alpha value is -2.91. The van der Waals surface area contributed by atoms with Crippen molar-refractivity contribution in [1.82, 2.24) is 0 Å². The second-order valence-corrected chi connectivity index (χ2v) is 5.90. The lowest BCUT2D eigenvalue weighted by molar-refractivity contribution is 0.0946. The van der Waals surface area contributed by atoms with Crippen LogP contribution in [0.1, 0.15) is 33.6 Å². The van der Waals surface area contributed by atoms with Crippen molar-refractivity contribution < 1.29 is 9.90 Å². The van der Waals surface area contributed by atoms with Gasteiger partial charge in [-0.1, -0.05) is 66.7 Å². The first-order valence-corrected chi connectivity index (χ1v) is 7.98. The van der Waals surface area contributed by atoms with E-state index in [1.54, 1.807) is 4.90 Å². The molecule has 0 aliphatic carbocycles. The molecule has 3 aromatic carbocycles. The highest BCUT2D eigenvalue weighted by atomic mass is 16.3. The van der Waals surface area contributed by atoms with Gasteiger partial charge in [-0.15, -0.1) is 0 Å². The van der Waals surface area contributed by atoms with Crippen LogP contribution in [0.3, 0.4) is 0 Å². The molecule has 2 atom stereocenters. The first kappa shape index (κ1) is 14.7. The smallest absolute Gasteiger partial charge is 0.259 e. The molecular weight excluding hydrogens is 298 g/mol. The number of anilines is 1. The van der Waals surface area contributed by atoms with Crippen LogP contribution in [0.25, 0.3) is 0 Å². The Bertz CT molecular complexity index is 861. The highest BCUT2D eigenvalue weighted by molar-refractivity contribution is 6.11. The van der Waals surface area contributed by atoms with Gasteiger partial charge in [-0.3, -0.25) is 9.69 Å². The Morgan fingerprint density at radius 1 is 0.792 bits per heavy atom. The number of amides is 1. The molecule has 0 radical (unpaired) electrons. The molecule has 0 fully saturated rings. The second-order valence-electron chi connectivity index (χ2n) is 5.90. The van der Waals surface area contributed by atoms with E-state index in [0.717, 1.165) is 16.8 Å². The molecule has 0 aromatic heterocycles. The van der Waals surface area contributed by atoms with Gasteiger partial charge in [0.05, 0.1) is 6.04 Å².